The summed E-state index contributed by atoms with van der Waals surface area (Å²) in [6.07, 6.45) is 1.66. The number of aromatic amines is 1. The first-order valence-corrected chi connectivity index (χ1v) is 13.7. The summed E-state index contributed by atoms with van der Waals surface area (Å²) in [6.45, 7) is 1.23. The van der Waals surface area contributed by atoms with Crippen molar-refractivity contribution >= 4 is 52.3 Å². The Balaban J connectivity index is 2.09. The molecule has 5 unspecified atom stereocenters. The highest BCUT2D eigenvalue weighted by atomic mass is 32.2. The average Bonchev–Trinajstić information content (AvgIpc) is 3.29. The van der Waals surface area contributed by atoms with Gasteiger partial charge in [-0.05, 0) is 49.8 Å². The van der Waals surface area contributed by atoms with E-state index in [0.717, 1.165) is 16.5 Å². The summed E-state index contributed by atoms with van der Waals surface area (Å²) >= 11 is 1.43. The lowest BCUT2D eigenvalue weighted by atomic mass is 10.0. The molecule has 14 heteroatoms. The number of nitrogens with one attached hydrogen (secondary N) is 4. The third-order valence-corrected chi connectivity index (χ3v) is 6.66. The summed E-state index contributed by atoms with van der Waals surface area (Å²) in [6, 6.07) is 2.38. The Labute approximate surface area is 229 Å². The first-order chi connectivity index (χ1) is 18.4. The fourth-order valence-electron chi connectivity index (χ4n) is 3.86. The van der Waals surface area contributed by atoms with E-state index in [-0.39, 0.29) is 12.8 Å². The summed E-state index contributed by atoms with van der Waals surface area (Å²) in [5.41, 5.74) is 7.87. The molecular formula is C25H35N5O8S. The van der Waals surface area contributed by atoms with Crippen molar-refractivity contribution in [2.75, 3.05) is 12.0 Å². The minimum Gasteiger partial charge on any atom is -0.481 e. The van der Waals surface area contributed by atoms with E-state index in [0.29, 0.717) is 5.75 Å². The molecular weight excluding hydrogens is 530 g/mol. The Morgan fingerprint density at radius 3 is 2.26 bits per heavy atom. The maximum atomic E-state index is 13.1. The number of amides is 3. The maximum absolute atomic E-state index is 13.1. The Morgan fingerprint density at radius 2 is 1.64 bits per heavy atom. The van der Waals surface area contributed by atoms with Gasteiger partial charge in [-0.1, -0.05) is 18.2 Å². The third kappa shape index (κ3) is 9.57. The number of aliphatic hydroxyl groups is 1. The first kappa shape index (κ1) is 31.6. The molecule has 1 aromatic carbocycles. The molecule has 1 aromatic heterocycles. The van der Waals surface area contributed by atoms with Crippen LogP contribution in [0.3, 0.4) is 0 Å². The van der Waals surface area contributed by atoms with Gasteiger partial charge in [0.1, 0.15) is 18.1 Å². The average molecular weight is 566 g/mol. The Kier molecular flexibility index (Phi) is 12.2. The number of fused-ring (bicyclic) bond motifs is 1. The van der Waals surface area contributed by atoms with Gasteiger partial charge < -0.3 is 42.0 Å². The van der Waals surface area contributed by atoms with Crippen molar-refractivity contribution in [2.45, 2.75) is 62.9 Å². The second kappa shape index (κ2) is 15.1. The van der Waals surface area contributed by atoms with Crippen LogP contribution in [0.5, 0.6) is 0 Å². The van der Waals surface area contributed by atoms with Gasteiger partial charge in [0.05, 0.1) is 12.1 Å². The van der Waals surface area contributed by atoms with Gasteiger partial charge in [0.15, 0.2) is 0 Å². The molecule has 1 heterocycles. The number of hydrogen-bond donors (Lipinski definition) is 8. The number of carboxylic acid groups (broad SMARTS) is 2. The number of aliphatic carboxylic acids is 2. The topological polar surface area (TPSA) is 224 Å². The van der Waals surface area contributed by atoms with Crippen LogP contribution in [0.4, 0.5) is 0 Å². The molecule has 2 rings (SSSR count). The van der Waals surface area contributed by atoms with Gasteiger partial charge in [-0.3, -0.25) is 19.2 Å². The summed E-state index contributed by atoms with van der Waals surface area (Å²) in [5, 5.41) is 36.3. The van der Waals surface area contributed by atoms with Crippen LogP contribution in [-0.2, 0) is 30.4 Å². The minimum absolute atomic E-state index is 0.197. The van der Waals surface area contributed by atoms with Gasteiger partial charge in [-0.2, -0.15) is 11.8 Å². The predicted molar refractivity (Wildman–Crippen MR) is 145 cm³/mol. The molecule has 9 N–H and O–H groups in total. The number of H-pyrrole nitrogens is 1. The van der Waals surface area contributed by atoms with E-state index in [1.807, 2.05) is 30.5 Å². The van der Waals surface area contributed by atoms with Crippen LogP contribution in [0.25, 0.3) is 10.9 Å². The summed E-state index contributed by atoms with van der Waals surface area (Å²) < 4.78 is 0. The smallest absolute Gasteiger partial charge is 0.326 e. The predicted octanol–water partition coefficient (Wildman–Crippen LogP) is -0.425. The van der Waals surface area contributed by atoms with E-state index in [1.54, 1.807) is 6.20 Å². The molecule has 214 valence electrons. The van der Waals surface area contributed by atoms with Crippen LogP contribution in [0.15, 0.2) is 30.5 Å². The van der Waals surface area contributed by atoms with Crippen LogP contribution >= 0.6 is 11.8 Å². The molecule has 0 saturated carbocycles. The zero-order valence-electron chi connectivity index (χ0n) is 21.7. The number of thioether (sulfide) groups is 1. The minimum atomic E-state index is -1.56. The van der Waals surface area contributed by atoms with Crippen molar-refractivity contribution in [1.82, 2.24) is 20.9 Å². The normalized spacial score (nSPS) is 15.0. The van der Waals surface area contributed by atoms with Crippen LogP contribution in [0, 0.1) is 0 Å². The molecule has 3 amide bonds. The fraction of sp³-hybridized carbons (Fsp3) is 0.480. The number of para-hydroxylation sites is 1. The summed E-state index contributed by atoms with van der Waals surface area (Å²) in [7, 11) is 0. The van der Waals surface area contributed by atoms with Crippen molar-refractivity contribution in [3.05, 3.63) is 36.0 Å². The van der Waals surface area contributed by atoms with Gasteiger partial charge >= 0.3 is 11.9 Å². The molecule has 39 heavy (non-hydrogen) atoms. The van der Waals surface area contributed by atoms with Gasteiger partial charge in [-0.15, -0.1) is 0 Å². The largest absolute Gasteiger partial charge is 0.481 e. The van der Waals surface area contributed by atoms with Crippen molar-refractivity contribution in [2.24, 2.45) is 5.73 Å². The SMILES string of the molecule is CSCCC(NC(=O)C(N)Cc1c[nH]c2ccccc12)C(=O)NC(C(=O)NC(CCC(=O)O)C(=O)O)C(C)O. The molecule has 0 radical (unpaired) electrons. The number of nitrogens with two attached hydrogens (primary N) is 1. The van der Waals surface area contributed by atoms with Gasteiger partial charge in [0.2, 0.25) is 17.7 Å². The van der Waals surface area contributed by atoms with Crippen LogP contribution in [-0.4, -0.2) is 92.2 Å². The highest BCUT2D eigenvalue weighted by molar-refractivity contribution is 7.98. The number of hydrogen-bond acceptors (Lipinski definition) is 8. The highest BCUT2D eigenvalue weighted by Gasteiger charge is 2.32. The number of benzene rings is 1. The lowest BCUT2D eigenvalue weighted by Gasteiger charge is -2.26. The summed E-state index contributed by atoms with van der Waals surface area (Å²) in [4.78, 5) is 64.1. The van der Waals surface area contributed by atoms with Crippen LogP contribution in [0.1, 0.15) is 31.7 Å². The second-order valence-electron chi connectivity index (χ2n) is 9.07. The highest BCUT2D eigenvalue weighted by Crippen LogP contribution is 2.19. The van der Waals surface area contributed by atoms with E-state index in [9.17, 15) is 34.2 Å². The second-order valence-corrected chi connectivity index (χ2v) is 10.1. The zero-order chi connectivity index (χ0) is 29.1. The number of carbonyl (C=O) groups excluding carboxylic acids is 3. The van der Waals surface area contributed by atoms with Gasteiger partial charge in [-0.25, -0.2) is 4.79 Å². The number of aromatic nitrogens is 1. The lowest BCUT2D eigenvalue weighted by Crippen LogP contribution is -2.60. The monoisotopic (exact) mass is 565 g/mol. The quantitative estimate of drug-likeness (QED) is 0.131. The van der Waals surface area contributed by atoms with Gasteiger partial charge in [0, 0.05) is 23.5 Å². The molecule has 0 saturated heterocycles. The molecule has 0 aliphatic heterocycles. The number of rotatable bonds is 16. The Morgan fingerprint density at radius 1 is 0.974 bits per heavy atom. The lowest BCUT2D eigenvalue weighted by molar-refractivity contribution is -0.144. The molecule has 0 spiro atoms. The molecule has 0 aliphatic carbocycles. The summed E-state index contributed by atoms with van der Waals surface area (Å²) in [5.74, 6) is -4.59. The Hall–Kier alpha value is -3.62. The van der Waals surface area contributed by atoms with Crippen molar-refractivity contribution in [3.8, 4) is 0 Å². The van der Waals surface area contributed by atoms with E-state index >= 15 is 0 Å². The fourth-order valence-corrected chi connectivity index (χ4v) is 4.33. The standard InChI is InChI=1S/C25H35N5O8S/c1-13(31)21(24(36)29-19(25(37)38)7-8-20(32)33)30-23(35)18(9-10-39-2)28-22(34)16(26)11-14-12-27-17-6-4-3-5-15(14)17/h3-6,12-13,16,18-19,21,27,31H,7-11,26H2,1-2H3,(H,28,34)(H,29,36)(H,30,35)(H,32,33)(H,37,38). The van der Waals surface area contributed by atoms with Crippen LogP contribution < -0.4 is 21.7 Å². The van der Waals surface area contributed by atoms with E-state index < -0.39 is 72.8 Å². The third-order valence-electron chi connectivity index (χ3n) is 6.02. The van der Waals surface area contributed by atoms with E-state index in [1.165, 1.54) is 18.7 Å². The zero-order valence-corrected chi connectivity index (χ0v) is 22.5. The Bertz CT molecular complexity index is 1170. The number of carboxylic acids is 2. The van der Waals surface area contributed by atoms with E-state index in [4.69, 9.17) is 10.8 Å². The number of aliphatic hydroxyl groups excluding tert-OH is 1. The van der Waals surface area contributed by atoms with Crippen LogP contribution in [0.2, 0.25) is 0 Å². The molecule has 0 aliphatic rings. The van der Waals surface area contributed by atoms with Gasteiger partial charge in [0.25, 0.3) is 0 Å². The van der Waals surface area contributed by atoms with Crippen molar-refractivity contribution in [1.29, 1.82) is 0 Å². The van der Waals surface area contributed by atoms with E-state index in [2.05, 4.69) is 20.9 Å². The number of carbonyl (C=O) groups is 5. The molecule has 2 aromatic rings. The van der Waals surface area contributed by atoms with Crippen molar-refractivity contribution < 1.29 is 39.3 Å². The van der Waals surface area contributed by atoms with Crippen molar-refractivity contribution in [3.63, 3.8) is 0 Å². The molecule has 0 fully saturated rings. The molecule has 13 nitrogen and oxygen atoms in total. The molecule has 0 bridgehead atoms. The first-order valence-electron chi connectivity index (χ1n) is 12.3. The maximum Gasteiger partial charge on any atom is 0.326 e. The molecule has 5 atom stereocenters.